The molecule has 0 aliphatic heterocycles. The topological polar surface area (TPSA) is 85.2 Å². The molecule has 0 spiro atoms. The van der Waals surface area contributed by atoms with E-state index in [1.54, 1.807) is 54.7 Å². The fourth-order valence-electron chi connectivity index (χ4n) is 4.28. The van der Waals surface area contributed by atoms with E-state index in [4.69, 9.17) is 11.6 Å². The van der Waals surface area contributed by atoms with Crippen LogP contribution in [-0.2, 0) is 9.84 Å². The van der Waals surface area contributed by atoms with E-state index < -0.39 is 9.84 Å². The Morgan fingerprint density at radius 2 is 1.67 bits per heavy atom. The van der Waals surface area contributed by atoms with E-state index >= 15 is 0 Å². The normalized spacial score (nSPS) is 18.6. The van der Waals surface area contributed by atoms with Gasteiger partial charge in [-0.1, -0.05) is 30.5 Å². The fourth-order valence-corrected chi connectivity index (χ4v) is 6.11. The van der Waals surface area contributed by atoms with Crippen LogP contribution in [0, 0.1) is 5.92 Å². The molecule has 2 aromatic carbocycles. The first-order valence-corrected chi connectivity index (χ1v) is 12.9. The average Bonchev–Trinajstić information content (AvgIpc) is 2.81. The van der Waals surface area contributed by atoms with E-state index in [-0.39, 0.29) is 34.1 Å². The lowest BCUT2D eigenvalue weighted by atomic mass is 9.85. The van der Waals surface area contributed by atoms with Crippen molar-refractivity contribution < 1.29 is 13.2 Å². The second kappa shape index (κ2) is 9.93. The van der Waals surface area contributed by atoms with Gasteiger partial charge in [-0.05, 0) is 73.4 Å². The lowest BCUT2D eigenvalue weighted by Crippen LogP contribution is -2.44. The van der Waals surface area contributed by atoms with E-state index in [9.17, 15) is 18.0 Å². The van der Waals surface area contributed by atoms with Crippen LogP contribution in [0.1, 0.15) is 36.0 Å². The zero-order valence-electron chi connectivity index (χ0n) is 18.0. The molecule has 1 N–H and O–H groups in total. The predicted octanol–water partition coefficient (Wildman–Crippen LogP) is 4.25. The smallest absolute Gasteiger partial charge is 0.255 e. The second-order valence-corrected chi connectivity index (χ2v) is 10.8. The van der Waals surface area contributed by atoms with Crippen molar-refractivity contribution in [3.63, 3.8) is 0 Å². The van der Waals surface area contributed by atoms with Gasteiger partial charge in [0.15, 0.2) is 9.84 Å². The molecule has 0 bridgehead atoms. The van der Waals surface area contributed by atoms with Crippen molar-refractivity contribution in [3.8, 4) is 5.69 Å². The fraction of sp³-hybridized carbons (Fsp3) is 0.280. The zero-order chi connectivity index (χ0) is 23.4. The van der Waals surface area contributed by atoms with Crippen molar-refractivity contribution in [2.75, 3.05) is 5.75 Å². The number of carbonyl (C=O) groups excluding carboxylic acids is 1. The molecule has 1 aliphatic rings. The van der Waals surface area contributed by atoms with E-state index in [0.717, 1.165) is 25.7 Å². The molecule has 6 nitrogen and oxygen atoms in total. The highest BCUT2D eigenvalue weighted by Gasteiger charge is 2.31. The van der Waals surface area contributed by atoms with Crippen LogP contribution in [0.5, 0.6) is 0 Å². The molecular weight excluding hydrogens is 460 g/mol. The number of nitrogens with one attached hydrogen (secondary N) is 1. The first-order chi connectivity index (χ1) is 15.8. The Kier molecular flexibility index (Phi) is 7.00. The number of aromatic nitrogens is 1. The lowest BCUT2D eigenvalue weighted by Gasteiger charge is -2.32. The Labute approximate surface area is 198 Å². The number of nitrogens with zero attached hydrogens (tertiary/aromatic N) is 1. The SMILES string of the molecule is O=C(N[C@H]1CCCC[C@H]1CS(=O)(=O)c1ccc(Cl)cc1)c1ccc(-n2ccccc2=O)cc1. The molecule has 1 saturated carbocycles. The third-order valence-electron chi connectivity index (χ3n) is 6.06. The molecule has 8 heteroatoms. The number of sulfone groups is 1. The molecule has 1 aliphatic carbocycles. The van der Waals surface area contributed by atoms with E-state index in [1.165, 1.54) is 22.8 Å². The van der Waals surface area contributed by atoms with Gasteiger partial charge < -0.3 is 5.32 Å². The van der Waals surface area contributed by atoms with Crippen LogP contribution in [-0.4, -0.2) is 30.7 Å². The maximum absolute atomic E-state index is 12.9. The Morgan fingerprint density at radius 1 is 0.970 bits per heavy atom. The van der Waals surface area contributed by atoms with E-state index in [2.05, 4.69) is 5.32 Å². The number of carbonyl (C=O) groups is 1. The van der Waals surface area contributed by atoms with Crippen molar-refractivity contribution in [1.82, 2.24) is 9.88 Å². The van der Waals surface area contributed by atoms with Crippen LogP contribution < -0.4 is 10.9 Å². The minimum Gasteiger partial charge on any atom is -0.349 e. The molecule has 4 rings (SSSR count). The number of halogens is 1. The standard InChI is InChI=1S/C25H25ClN2O4S/c26-20-10-14-22(15-11-20)33(31,32)17-19-5-1-2-6-23(19)27-25(30)18-8-12-21(13-9-18)28-16-4-3-7-24(28)29/h3-4,7-16,19,23H,1-2,5-6,17H2,(H,27,30)/t19-,23-/m0/s1. The average molecular weight is 485 g/mol. The molecule has 1 fully saturated rings. The first-order valence-electron chi connectivity index (χ1n) is 10.9. The summed E-state index contributed by atoms with van der Waals surface area (Å²) in [6, 6.07) is 17.7. The number of hydrogen-bond donors (Lipinski definition) is 1. The zero-order valence-corrected chi connectivity index (χ0v) is 19.6. The van der Waals surface area contributed by atoms with Crippen molar-refractivity contribution in [1.29, 1.82) is 0 Å². The molecule has 1 heterocycles. The summed E-state index contributed by atoms with van der Waals surface area (Å²) in [5, 5.41) is 3.53. The van der Waals surface area contributed by atoms with Gasteiger partial charge in [-0.2, -0.15) is 0 Å². The third-order valence-corrected chi connectivity index (χ3v) is 8.17. The largest absolute Gasteiger partial charge is 0.349 e. The van der Waals surface area contributed by atoms with Gasteiger partial charge in [-0.3, -0.25) is 14.2 Å². The van der Waals surface area contributed by atoms with Crippen LogP contribution in [0.3, 0.4) is 0 Å². The summed E-state index contributed by atoms with van der Waals surface area (Å²) >= 11 is 5.89. The number of pyridine rings is 1. The summed E-state index contributed by atoms with van der Waals surface area (Å²) in [6.07, 6.45) is 5.04. The number of rotatable bonds is 6. The number of benzene rings is 2. The molecule has 0 radical (unpaired) electrons. The molecular formula is C25H25ClN2O4S. The minimum atomic E-state index is -3.49. The van der Waals surface area contributed by atoms with Gasteiger partial charge in [-0.25, -0.2) is 8.42 Å². The molecule has 3 aromatic rings. The monoisotopic (exact) mass is 484 g/mol. The Morgan fingerprint density at radius 3 is 2.36 bits per heavy atom. The highest BCUT2D eigenvalue weighted by Crippen LogP contribution is 2.28. The van der Waals surface area contributed by atoms with Gasteiger partial charge in [0.25, 0.3) is 11.5 Å². The van der Waals surface area contributed by atoms with Crippen molar-refractivity contribution in [2.24, 2.45) is 5.92 Å². The summed E-state index contributed by atoms with van der Waals surface area (Å²) in [6.45, 7) is 0. The molecule has 0 unspecified atom stereocenters. The van der Waals surface area contributed by atoms with Gasteiger partial charge in [0.05, 0.1) is 10.6 Å². The summed E-state index contributed by atoms with van der Waals surface area (Å²) in [7, 11) is -3.49. The van der Waals surface area contributed by atoms with Crippen molar-refractivity contribution in [3.05, 3.63) is 93.9 Å². The van der Waals surface area contributed by atoms with Crippen LogP contribution >= 0.6 is 11.6 Å². The Bertz CT molecular complexity index is 1280. The summed E-state index contributed by atoms with van der Waals surface area (Å²) in [5.74, 6) is -0.427. The van der Waals surface area contributed by atoms with Crippen LogP contribution in [0.15, 0.2) is 82.6 Å². The highest BCUT2D eigenvalue weighted by atomic mass is 35.5. The Hall–Kier alpha value is -2.90. The summed E-state index contributed by atoms with van der Waals surface area (Å²) in [5.41, 5.74) is 0.982. The molecule has 1 amide bonds. The lowest BCUT2D eigenvalue weighted by molar-refractivity contribution is 0.0911. The van der Waals surface area contributed by atoms with Gasteiger partial charge in [0.2, 0.25) is 0 Å². The van der Waals surface area contributed by atoms with Crippen molar-refractivity contribution >= 4 is 27.3 Å². The molecule has 33 heavy (non-hydrogen) atoms. The van der Waals surface area contributed by atoms with Crippen LogP contribution in [0.4, 0.5) is 0 Å². The van der Waals surface area contributed by atoms with Crippen molar-refractivity contribution in [2.45, 2.75) is 36.6 Å². The second-order valence-electron chi connectivity index (χ2n) is 8.32. The van der Waals surface area contributed by atoms with Gasteiger partial charge in [-0.15, -0.1) is 0 Å². The molecule has 0 saturated heterocycles. The minimum absolute atomic E-state index is 0.0184. The molecule has 172 valence electrons. The molecule has 2 atom stereocenters. The maximum atomic E-state index is 12.9. The quantitative estimate of drug-likeness (QED) is 0.566. The molecule has 1 aromatic heterocycles. The Balaban J connectivity index is 1.46. The predicted molar refractivity (Wildman–Crippen MR) is 129 cm³/mol. The van der Waals surface area contributed by atoms with Gasteiger partial charge in [0.1, 0.15) is 0 Å². The maximum Gasteiger partial charge on any atom is 0.255 e. The number of amides is 1. The van der Waals surface area contributed by atoms with E-state index in [1.807, 2.05) is 0 Å². The number of hydrogen-bond acceptors (Lipinski definition) is 4. The summed E-state index contributed by atoms with van der Waals surface area (Å²) in [4.78, 5) is 25.1. The van der Waals surface area contributed by atoms with Crippen LogP contribution in [0.2, 0.25) is 5.02 Å². The third kappa shape index (κ3) is 5.54. The van der Waals surface area contributed by atoms with E-state index in [0.29, 0.717) is 16.3 Å². The highest BCUT2D eigenvalue weighted by molar-refractivity contribution is 7.91. The first kappa shape index (κ1) is 23.3. The van der Waals surface area contributed by atoms with Crippen LogP contribution in [0.25, 0.3) is 5.69 Å². The van der Waals surface area contributed by atoms with Gasteiger partial charge >= 0.3 is 0 Å². The van der Waals surface area contributed by atoms with Gasteiger partial charge in [0, 0.05) is 34.6 Å². The summed E-state index contributed by atoms with van der Waals surface area (Å²) < 4.78 is 27.4.